The first-order valence-corrected chi connectivity index (χ1v) is 10.1. The third-order valence-electron chi connectivity index (χ3n) is 6.28. The molecule has 0 aromatic carbocycles. The third-order valence-corrected chi connectivity index (χ3v) is 6.28. The Kier molecular flexibility index (Phi) is 6.28. The van der Waals surface area contributed by atoms with E-state index in [0.717, 1.165) is 32.7 Å². The molecule has 0 radical (unpaired) electrons. The predicted molar refractivity (Wildman–Crippen MR) is 110 cm³/mol. The lowest BCUT2D eigenvalue weighted by molar-refractivity contribution is 0.177. The molecule has 150 valence electrons. The van der Waals surface area contributed by atoms with Gasteiger partial charge in [-0.25, -0.2) is 4.98 Å². The maximum Gasteiger partial charge on any atom is 0.122 e. The van der Waals surface area contributed by atoms with Gasteiger partial charge < -0.3 is 9.88 Å². The van der Waals surface area contributed by atoms with Crippen LogP contribution >= 0.6 is 12.4 Å². The zero-order valence-corrected chi connectivity index (χ0v) is 17.6. The van der Waals surface area contributed by atoms with Crippen LogP contribution in [0.5, 0.6) is 0 Å². The molecule has 0 bridgehead atoms. The van der Waals surface area contributed by atoms with Gasteiger partial charge in [-0.2, -0.15) is 5.10 Å². The fourth-order valence-electron chi connectivity index (χ4n) is 4.68. The van der Waals surface area contributed by atoms with Crippen molar-refractivity contribution in [3.05, 3.63) is 36.2 Å². The van der Waals surface area contributed by atoms with Crippen LogP contribution in [0.25, 0.3) is 0 Å². The van der Waals surface area contributed by atoms with Crippen LogP contribution in [0.4, 0.5) is 0 Å². The summed E-state index contributed by atoms with van der Waals surface area (Å²) in [4.78, 5) is 7.31. The summed E-state index contributed by atoms with van der Waals surface area (Å²) >= 11 is 0. The standard InChI is InChI=1S/C20H32N6.ClH/c1-4-24-12-11-22-19(24)15-25(14-17-5-8-23-26(17)16(2)3)18-13-20(18)6-9-21-10-7-20;/h5,8,11-12,16,18,21H,4,6-7,9-10,13-15H2,1-3H3;1H. The molecular formula is C20H33ClN6. The Morgan fingerprint density at radius 1 is 1.26 bits per heavy atom. The molecule has 3 heterocycles. The molecule has 0 amide bonds. The van der Waals surface area contributed by atoms with Crippen molar-refractivity contribution in [2.45, 2.75) is 71.8 Å². The van der Waals surface area contributed by atoms with Gasteiger partial charge in [-0.1, -0.05) is 0 Å². The largest absolute Gasteiger partial charge is 0.334 e. The van der Waals surface area contributed by atoms with Gasteiger partial charge in [0, 0.05) is 43.8 Å². The molecule has 1 saturated heterocycles. The predicted octanol–water partition coefficient (Wildman–Crippen LogP) is 3.25. The minimum atomic E-state index is 0. The van der Waals surface area contributed by atoms with Gasteiger partial charge in [0.1, 0.15) is 5.82 Å². The molecule has 1 spiro atoms. The highest BCUT2D eigenvalue weighted by atomic mass is 35.5. The first-order chi connectivity index (χ1) is 12.6. The highest BCUT2D eigenvalue weighted by Gasteiger charge is 2.56. The van der Waals surface area contributed by atoms with Crippen molar-refractivity contribution in [3.63, 3.8) is 0 Å². The number of aromatic nitrogens is 4. The first-order valence-electron chi connectivity index (χ1n) is 10.1. The summed E-state index contributed by atoms with van der Waals surface area (Å²) in [5.74, 6) is 1.18. The monoisotopic (exact) mass is 392 g/mol. The van der Waals surface area contributed by atoms with Gasteiger partial charge in [-0.05, 0) is 64.6 Å². The van der Waals surface area contributed by atoms with E-state index in [-0.39, 0.29) is 12.4 Å². The number of hydrogen-bond acceptors (Lipinski definition) is 4. The Hall–Kier alpha value is -1.37. The quantitative estimate of drug-likeness (QED) is 0.785. The summed E-state index contributed by atoms with van der Waals surface area (Å²) in [6.45, 7) is 11.8. The summed E-state index contributed by atoms with van der Waals surface area (Å²) in [6.07, 6.45) is 9.91. The number of rotatable bonds is 7. The van der Waals surface area contributed by atoms with Crippen LogP contribution in [0.15, 0.2) is 24.7 Å². The van der Waals surface area contributed by atoms with Gasteiger partial charge in [0.2, 0.25) is 0 Å². The van der Waals surface area contributed by atoms with Crippen LogP contribution in [-0.2, 0) is 19.6 Å². The second-order valence-electron chi connectivity index (χ2n) is 8.23. The molecule has 1 aliphatic heterocycles. The summed E-state index contributed by atoms with van der Waals surface area (Å²) in [7, 11) is 0. The van der Waals surface area contributed by atoms with E-state index < -0.39 is 0 Å². The number of imidazole rings is 1. The molecular weight excluding hydrogens is 360 g/mol. The van der Waals surface area contributed by atoms with Gasteiger partial charge in [-0.3, -0.25) is 9.58 Å². The Morgan fingerprint density at radius 3 is 2.74 bits per heavy atom. The molecule has 1 N–H and O–H groups in total. The normalized spacial score (nSPS) is 21.0. The molecule has 2 fully saturated rings. The first kappa shape index (κ1) is 20.4. The lowest BCUT2D eigenvalue weighted by Gasteiger charge is -2.30. The van der Waals surface area contributed by atoms with Crippen molar-refractivity contribution in [1.82, 2.24) is 29.5 Å². The fourth-order valence-corrected chi connectivity index (χ4v) is 4.68. The average Bonchev–Trinajstić information content (AvgIpc) is 3.02. The molecule has 2 aromatic rings. The minimum Gasteiger partial charge on any atom is -0.334 e. The molecule has 2 aliphatic rings. The molecule has 1 atom stereocenters. The smallest absolute Gasteiger partial charge is 0.122 e. The van der Waals surface area contributed by atoms with Crippen molar-refractivity contribution >= 4 is 12.4 Å². The van der Waals surface area contributed by atoms with E-state index in [1.807, 2.05) is 12.4 Å². The number of nitrogens with one attached hydrogen (secondary N) is 1. The molecule has 2 aromatic heterocycles. The SMILES string of the molecule is CCn1ccnc1CN(Cc1ccnn1C(C)C)C1CC12CCNCC2.Cl. The highest BCUT2D eigenvalue weighted by molar-refractivity contribution is 5.85. The molecule has 1 unspecified atom stereocenters. The summed E-state index contributed by atoms with van der Waals surface area (Å²) < 4.78 is 4.43. The van der Waals surface area contributed by atoms with E-state index in [1.54, 1.807) is 0 Å². The van der Waals surface area contributed by atoms with Crippen LogP contribution in [0.2, 0.25) is 0 Å². The van der Waals surface area contributed by atoms with Crippen LogP contribution < -0.4 is 5.32 Å². The van der Waals surface area contributed by atoms with E-state index in [1.165, 1.54) is 30.8 Å². The van der Waals surface area contributed by atoms with E-state index >= 15 is 0 Å². The fraction of sp³-hybridized carbons (Fsp3) is 0.700. The lowest BCUT2D eigenvalue weighted by Crippen LogP contribution is -2.36. The number of piperidine rings is 1. The van der Waals surface area contributed by atoms with Crippen molar-refractivity contribution < 1.29 is 0 Å². The molecule has 1 aliphatic carbocycles. The maximum atomic E-state index is 4.64. The van der Waals surface area contributed by atoms with Crippen LogP contribution in [0, 0.1) is 5.41 Å². The molecule has 1 saturated carbocycles. The number of halogens is 1. The molecule has 6 nitrogen and oxygen atoms in total. The second-order valence-corrected chi connectivity index (χ2v) is 8.23. The lowest BCUT2D eigenvalue weighted by atomic mass is 9.93. The van der Waals surface area contributed by atoms with E-state index in [4.69, 9.17) is 0 Å². The van der Waals surface area contributed by atoms with Crippen molar-refractivity contribution in [2.24, 2.45) is 5.41 Å². The Bertz CT molecular complexity index is 730. The summed E-state index contributed by atoms with van der Waals surface area (Å²) in [5.41, 5.74) is 1.84. The summed E-state index contributed by atoms with van der Waals surface area (Å²) in [6, 6.07) is 3.24. The average molecular weight is 393 g/mol. The number of nitrogens with zero attached hydrogens (tertiary/aromatic N) is 5. The Labute approximate surface area is 168 Å². The van der Waals surface area contributed by atoms with Crippen LogP contribution in [0.1, 0.15) is 57.6 Å². The zero-order chi connectivity index (χ0) is 18.1. The van der Waals surface area contributed by atoms with Gasteiger partial charge in [0.15, 0.2) is 0 Å². The molecule has 7 heteroatoms. The second kappa shape index (κ2) is 8.33. The maximum absolute atomic E-state index is 4.64. The number of hydrogen-bond donors (Lipinski definition) is 1. The number of aryl methyl sites for hydroxylation is 1. The Morgan fingerprint density at radius 2 is 2.04 bits per heavy atom. The zero-order valence-electron chi connectivity index (χ0n) is 16.8. The molecule has 4 rings (SSSR count). The topological polar surface area (TPSA) is 50.9 Å². The molecule has 27 heavy (non-hydrogen) atoms. The van der Waals surface area contributed by atoms with Gasteiger partial charge in [0.05, 0.1) is 12.2 Å². The van der Waals surface area contributed by atoms with Crippen molar-refractivity contribution in [2.75, 3.05) is 13.1 Å². The van der Waals surface area contributed by atoms with Crippen molar-refractivity contribution in [3.8, 4) is 0 Å². The van der Waals surface area contributed by atoms with Crippen LogP contribution in [-0.4, -0.2) is 43.4 Å². The summed E-state index contributed by atoms with van der Waals surface area (Å²) in [5, 5.41) is 8.07. The van der Waals surface area contributed by atoms with Crippen LogP contribution in [0.3, 0.4) is 0 Å². The highest BCUT2D eigenvalue weighted by Crippen LogP contribution is 2.56. The van der Waals surface area contributed by atoms with Gasteiger partial charge in [-0.15, -0.1) is 12.4 Å². The van der Waals surface area contributed by atoms with Gasteiger partial charge in [0.25, 0.3) is 0 Å². The van der Waals surface area contributed by atoms with E-state index in [9.17, 15) is 0 Å². The van der Waals surface area contributed by atoms with Gasteiger partial charge >= 0.3 is 0 Å². The minimum absolute atomic E-state index is 0. The van der Waals surface area contributed by atoms with E-state index in [0.29, 0.717) is 17.5 Å². The third kappa shape index (κ3) is 4.08. The van der Waals surface area contributed by atoms with Crippen molar-refractivity contribution in [1.29, 1.82) is 0 Å². The Balaban J connectivity index is 0.00000210. The van der Waals surface area contributed by atoms with E-state index in [2.05, 4.69) is 62.6 Å².